The molecule has 1 saturated carbocycles. The van der Waals surface area contributed by atoms with Crippen molar-refractivity contribution in [3.63, 3.8) is 0 Å². The molecule has 1 aliphatic rings. The Bertz CT molecular complexity index is 5150. The summed E-state index contributed by atoms with van der Waals surface area (Å²) in [6, 6.07) is 32.6. The van der Waals surface area contributed by atoms with Crippen LogP contribution < -0.4 is 87.9 Å². The van der Waals surface area contributed by atoms with Crippen LogP contribution in [0.4, 0.5) is 17.6 Å². The van der Waals surface area contributed by atoms with Crippen LogP contribution in [0.1, 0.15) is 155 Å². The minimum Gasteiger partial charge on any atom is -0.748 e. The predicted octanol–water partition coefficient (Wildman–Crippen LogP) is -13.7. The van der Waals surface area contributed by atoms with Gasteiger partial charge in [0.2, 0.25) is 0 Å². The smallest absolute Gasteiger partial charge is 0.357 e. The largest absolute Gasteiger partial charge is 0.748 e. The van der Waals surface area contributed by atoms with Gasteiger partial charge in [-0.3, -0.25) is 9.83 Å². The molecule has 4 atom stereocenters. The molecule has 6 aromatic carbocycles. The molecule has 132 heavy (non-hydrogen) atoms. The third kappa shape index (κ3) is 61.5. The average Bonchev–Trinajstić information content (AvgIpc) is 0.776. The molecule has 6 aromatic rings. The second-order valence-electron chi connectivity index (χ2n) is 23.8. The van der Waals surface area contributed by atoms with Gasteiger partial charge >= 0.3 is 33.1 Å². The molecular weight excluding hydrogens is 2060 g/mol. The van der Waals surface area contributed by atoms with Gasteiger partial charge in [0.25, 0.3) is 0 Å². The summed E-state index contributed by atoms with van der Waals surface area (Å²) in [4.78, 5) is 130. The number of benzene rings is 6. The Morgan fingerprint density at radius 2 is 0.841 bits per heavy atom. The van der Waals surface area contributed by atoms with Gasteiger partial charge in [-0.2, -0.15) is 16.1 Å². The van der Waals surface area contributed by atoms with Crippen molar-refractivity contribution in [3.8, 4) is 0 Å². The van der Waals surface area contributed by atoms with Crippen molar-refractivity contribution >= 4 is 152 Å². The Balaban J connectivity index is -0.000000452. The van der Waals surface area contributed by atoms with E-state index in [1.807, 2.05) is 0 Å². The Labute approximate surface area is 764 Å². The Kier molecular flexibility index (Phi) is 65.7. The summed E-state index contributed by atoms with van der Waals surface area (Å²) in [7, 11) is -23.9. The first-order valence-electron chi connectivity index (χ1n) is 34.6. The Morgan fingerprint density at radius 1 is 0.470 bits per heavy atom. The summed E-state index contributed by atoms with van der Waals surface area (Å²) in [6.07, 6.45) is 8.09. The lowest BCUT2D eigenvalue weighted by atomic mass is 9.93. The third-order valence-electron chi connectivity index (χ3n) is 13.9. The number of aliphatic hydroxyl groups is 2. The fraction of sp³-hybridized carbons (Fsp3) is 0.319. The number of aliphatic hydroxyl groups excluding tert-OH is 2. The number of carboxylic acids is 13. The summed E-state index contributed by atoms with van der Waals surface area (Å²) < 4.78 is 210. The summed E-state index contributed by atoms with van der Waals surface area (Å²) >= 11 is 1.37. The summed E-state index contributed by atoms with van der Waals surface area (Å²) in [5.74, 6) is -31.9. The number of carboxylic acid groups (broad SMARTS) is 13. The van der Waals surface area contributed by atoms with Gasteiger partial charge in [-0.15, -0.1) is 0 Å². The van der Waals surface area contributed by atoms with Crippen molar-refractivity contribution in [3.05, 3.63) is 191 Å². The van der Waals surface area contributed by atoms with Gasteiger partial charge in [-0.25, -0.2) is 64.4 Å². The van der Waals surface area contributed by atoms with Gasteiger partial charge < -0.3 is 168 Å². The molecule has 0 saturated heterocycles. The molecule has 0 aliphatic heterocycles. The maximum atomic E-state index is 12.8. The molecule has 0 spiro atoms. The molecule has 1 aliphatic carbocycles. The van der Waals surface area contributed by atoms with Crippen LogP contribution in [0.3, 0.4) is 0 Å². The molecule has 4 N–H and O–H groups in total. The molecule has 0 amide bonds. The van der Waals surface area contributed by atoms with E-state index in [9.17, 15) is 191 Å². The topological polar surface area (TPSA) is 916 Å². The molecule has 740 valence electrons. The van der Waals surface area contributed by atoms with Crippen LogP contribution >= 0.6 is 23.8 Å². The number of carbonyl (C=O) groups is 13. The van der Waals surface area contributed by atoms with E-state index in [-0.39, 0.29) is 64.6 Å². The number of rotatable bonds is 29. The zero-order valence-corrected chi connectivity index (χ0v) is 73.8. The highest BCUT2D eigenvalue weighted by Gasteiger charge is 2.28. The number of thioether (sulfide) groups is 1. The van der Waals surface area contributed by atoms with E-state index in [1.165, 1.54) is 49.8 Å². The van der Waals surface area contributed by atoms with Gasteiger partial charge in [0, 0.05) is 40.5 Å². The Hall–Kier alpha value is -11.2. The van der Waals surface area contributed by atoms with Crippen molar-refractivity contribution in [2.24, 2.45) is 5.92 Å². The first-order valence-corrected chi connectivity index (χ1v) is 46.0. The molecule has 0 bridgehead atoms. The predicted molar refractivity (Wildman–Crippen MR) is 395 cm³/mol. The van der Waals surface area contributed by atoms with Crippen LogP contribution in [0.2, 0.25) is 0 Å². The minimum absolute atomic E-state index is 0. The zero-order valence-electron chi connectivity index (χ0n) is 66.0. The van der Waals surface area contributed by atoms with Gasteiger partial charge in [0.15, 0.2) is 47.3 Å². The fourth-order valence-electron chi connectivity index (χ4n) is 8.29. The van der Waals surface area contributed by atoms with Crippen molar-refractivity contribution < 1.29 is 267 Å². The number of halogens is 5. The standard InChI is InChI=1S/C13H12I.C12H22O4.C8H2F4O4.C8H14O4S.C8H6O4.C7H6O5S.C6H6O6S2.C3H4O4.C2H6O8S2.C2H4O5S.C2H2O4.CH4/c1-11-7-9-13(10-8-11)14-12-5-3-2-4-6-12;13-12(14)10-8-6-4-2-1-3-5-7-9-11(10)16-15;9-3-1(7(13)14)4(10)6(12)2(5(3)11)8(15)16;9-7(10)3-1-5-13-6-2-4-8(11)12;9-7(10)5-3-1-2-4-6(5)8(11)12;8-7(9)5-3-1-2-4-6(5)13(10,11)12;7-13(8,9)5-2-1-3-6(4-5)14(10,11)12;4-2(5)1-3(6)7;3-1(11-10-9-5)2(4)12(6,7)8;3-2(4)1-8(5,6)7;3-1(4)2(5)6;/h2-10H,1H3;10-11,15H,1-9H2,(H,13,14);(H,13,14)(H,15,16);1-6H2,(H,9,10)(H,11,12);1-4H,(H,9,10)(H,11,12);1-4H,(H,8,9)(H,10,11,12);1-4H,(H,7,8,9)(H,10,11,12);1H2,(H,4,5)(H,6,7);1-5H,(H,6,7,8);1H2,(H,3,4)(H,5,6,7);(H,3,4)(H,5,6);1H4/q+1;;;;;;;;;;;/p-18. The SMILES string of the molecule is C.Cc1ccc([I+]c2ccccc2)cc1.O=C([O-])C(=O)O.O=C([O-])C1CCCCCCCCCC1O[O-].O=C([O-])CC(=O)O.O=C([O-])CCCSCCCC(=O)[O-].O=C([O-])CS(=O)(=O)[O-].O=C([O-])c1c(F)c(F)c(C(=O)[O-])c(F)c1F.O=C([O-])c1ccccc1C(=O)[O-].O=C([O-])c1ccccc1S(=O)(=O)[O-].O=S(=O)([O-])C(O)C(O)SOO[O-].O=S(=O)([O-])c1cccc(S(=O)(=O)[O-])c1. The maximum Gasteiger partial charge on any atom is 0.357 e. The quantitative estimate of drug-likeness (QED) is 0.00289. The van der Waals surface area contributed by atoms with Gasteiger partial charge in [0.1, 0.15) is 50.6 Å². The van der Waals surface area contributed by atoms with Crippen LogP contribution in [0.5, 0.6) is 0 Å². The van der Waals surface area contributed by atoms with E-state index in [2.05, 4.69) is 75.8 Å². The number of aromatic carboxylic acids is 5. The molecule has 1 fully saturated rings. The van der Waals surface area contributed by atoms with E-state index < -0.39 is 218 Å². The highest BCUT2D eigenvalue weighted by Crippen LogP contribution is 2.26. The molecule has 0 aromatic heterocycles. The van der Waals surface area contributed by atoms with Gasteiger partial charge in [0.05, 0.1) is 97.9 Å². The second-order valence-corrected chi connectivity index (χ2v) is 35.8. The molecule has 48 nitrogen and oxygen atoms in total. The first-order chi connectivity index (χ1) is 60.3. The molecule has 0 radical (unpaired) electrons. The summed E-state index contributed by atoms with van der Waals surface area (Å²) in [5.41, 5.74) is -8.70. The van der Waals surface area contributed by atoms with Crippen LogP contribution in [0.25, 0.3) is 0 Å². The molecular formula is C72H70F4IO48S7-17. The van der Waals surface area contributed by atoms with Crippen molar-refractivity contribution in [2.45, 2.75) is 136 Å². The van der Waals surface area contributed by atoms with Crippen molar-refractivity contribution in [2.75, 3.05) is 17.3 Å². The van der Waals surface area contributed by atoms with E-state index in [0.717, 1.165) is 86.1 Å². The lowest BCUT2D eigenvalue weighted by molar-refractivity contribution is -0.777. The zero-order chi connectivity index (χ0) is 102. The maximum absolute atomic E-state index is 12.8. The number of hydrogen-bond acceptors (Lipinski definition) is 48. The summed E-state index contributed by atoms with van der Waals surface area (Å²) in [6.45, 7) is 2.13. The van der Waals surface area contributed by atoms with E-state index >= 15 is 0 Å². The van der Waals surface area contributed by atoms with Gasteiger partial charge in [-0.1, -0.05) is 137 Å². The first kappa shape index (κ1) is 129. The normalized spacial score (nSPS) is 13.1. The lowest BCUT2D eigenvalue weighted by Crippen LogP contribution is -3.61. The van der Waals surface area contributed by atoms with Crippen LogP contribution in [-0.2, 0) is 103 Å². The van der Waals surface area contributed by atoms with Crippen LogP contribution in [0, 0.1) is 43.3 Å². The molecule has 60 heteroatoms. The van der Waals surface area contributed by atoms with E-state index in [1.54, 1.807) is 11.8 Å². The van der Waals surface area contributed by atoms with E-state index in [4.69, 9.17) is 40.4 Å². The van der Waals surface area contributed by atoms with Gasteiger partial charge in [-0.05, 0) is 105 Å². The minimum atomic E-state index is -5.04. The molecule has 4 unspecified atom stereocenters. The highest BCUT2D eigenvalue weighted by molar-refractivity contribution is 7.99. The lowest BCUT2D eigenvalue weighted by Gasteiger charge is -2.30. The number of aryl methyl sites for hydroxylation is 1. The molecule has 7 rings (SSSR count). The average molecular weight is 2130 g/mol. The monoisotopic (exact) mass is 2130 g/mol. The third-order valence-corrected chi connectivity index (χ3v) is 22.5. The van der Waals surface area contributed by atoms with Crippen molar-refractivity contribution in [1.29, 1.82) is 0 Å². The number of carbonyl (C=O) groups excluding carboxylic acids is 11. The van der Waals surface area contributed by atoms with Crippen LogP contribution in [0.15, 0.2) is 142 Å². The Morgan fingerprint density at radius 3 is 1.13 bits per heavy atom. The molecule has 0 heterocycles. The number of aliphatic carboxylic acids is 8. The van der Waals surface area contributed by atoms with Crippen molar-refractivity contribution in [1.82, 2.24) is 0 Å². The number of hydrogen-bond donors (Lipinski definition) is 4. The van der Waals surface area contributed by atoms with E-state index in [0.29, 0.717) is 31.7 Å². The second kappa shape index (κ2) is 67.1. The highest BCUT2D eigenvalue weighted by atomic mass is 127. The summed E-state index contributed by atoms with van der Waals surface area (Å²) in [5, 5.41) is 164. The van der Waals surface area contributed by atoms with Crippen LogP contribution in [-0.4, -0.2) is 197 Å². The fourth-order valence-corrected chi connectivity index (χ4v) is 14.5.